The van der Waals surface area contributed by atoms with Gasteiger partial charge in [0.25, 0.3) is 0 Å². The Labute approximate surface area is 128 Å². The van der Waals surface area contributed by atoms with Crippen LogP contribution in [0.25, 0.3) is 0 Å². The zero-order valence-electron chi connectivity index (χ0n) is 14.0. The summed E-state index contributed by atoms with van der Waals surface area (Å²) in [5.41, 5.74) is 1.85. The molecule has 2 nitrogen and oxygen atoms in total. The van der Waals surface area contributed by atoms with Crippen molar-refractivity contribution in [1.82, 2.24) is 5.32 Å². The van der Waals surface area contributed by atoms with Gasteiger partial charge in [0.2, 0.25) is 0 Å². The first-order chi connectivity index (χ1) is 9.79. The quantitative estimate of drug-likeness (QED) is 0.891. The Balaban J connectivity index is 2.28. The number of rotatable bonds is 3. The van der Waals surface area contributed by atoms with Gasteiger partial charge in [0.1, 0.15) is 5.82 Å². The summed E-state index contributed by atoms with van der Waals surface area (Å²) < 4.78 is 14.3. The van der Waals surface area contributed by atoms with Gasteiger partial charge in [-0.15, -0.1) is 0 Å². The molecule has 0 saturated carbocycles. The van der Waals surface area contributed by atoms with Gasteiger partial charge in [-0.3, -0.25) is 0 Å². The van der Waals surface area contributed by atoms with Gasteiger partial charge in [0, 0.05) is 35.9 Å². The molecule has 21 heavy (non-hydrogen) atoms. The summed E-state index contributed by atoms with van der Waals surface area (Å²) in [5.74, 6) is 0.556. The largest absolute Gasteiger partial charge is 0.368 e. The lowest BCUT2D eigenvalue weighted by Crippen LogP contribution is -2.43. The molecule has 1 aromatic rings. The minimum Gasteiger partial charge on any atom is -0.368 e. The molecule has 2 rings (SSSR count). The Morgan fingerprint density at radius 2 is 2.00 bits per heavy atom. The minimum absolute atomic E-state index is 0.0135. The van der Waals surface area contributed by atoms with Crippen molar-refractivity contribution in [2.75, 3.05) is 11.4 Å². The first-order valence-electron chi connectivity index (χ1n) is 8.08. The molecule has 0 bridgehead atoms. The van der Waals surface area contributed by atoms with E-state index in [4.69, 9.17) is 0 Å². The van der Waals surface area contributed by atoms with Crippen molar-refractivity contribution < 1.29 is 4.39 Å². The van der Waals surface area contributed by atoms with Crippen molar-refractivity contribution >= 4 is 5.69 Å². The van der Waals surface area contributed by atoms with Crippen molar-refractivity contribution in [2.45, 2.75) is 65.6 Å². The van der Waals surface area contributed by atoms with E-state index in [2.05, 4.69) is 50.9 Å². The van der Waals surface area contributed by atoms with Gasteiger partial charge < -0.3 is 10.2 Å². The minimum atomic E-state index is -0.102. The van der Waals surface area contributed by atoms with Crippen LogP contribution in [0.2, 0.25) is 0 Å². The number of anilines is 1. The van der Waals surface area contributed by atoms with Crippen molar-refractivity contribution in [2.24, 2.45) is 5.92 Å². The highest BCUT2D eigenvalue weighted by Crippen LogP contribution is 2.32. The lowest BCUT2D eigenvalue weighted by atomic mass is 9.91. The molecule has 0 aromatic heterocycles. The van der Waals surface area contributed by atoms with Crippen LogP contribution < -0.4 is 10.2 Å². The van der Waals surface area contributed by atoms with Crippen LogP contribution in [-0.4, -0.2) is 18.1 Å². The Kier molecular flexibility index (Phi) is 4.92. The second-order valence-electron chi connectivity index (χ2n) is 7.39. The molecule has 1 heterocycles. The summed E-state index contributed by atoms with van der Waals surface area (Å²) in [6, 6.07) is 5.93. The predicted molar refractivity (Wildman–Crippen MR) is 88.2 cm³/mol. The van der Waals surface area contributed by atoms with Crippen LogP contribution >= 0.6 is 0 Å². The number of piperidine rings is 1. The van der Waals surface area contributed by atoms with Gasteiger partial charge in [-0.1, -0.05) is 13.0 Å². The van der Waals surface area contributed by atoms with Crippen LogP contribution in [0.5, 0.6) is 0 Å². The molecule has 2 atom stereocenters. The van der Waals surface area contributed by atoms with Crippen LogP contribution in [0.1, 0.15) is 53.0 Å². The maximum atomic E-state index is 14.3. The highest BCUT2D eigenvalue weighted by atomic mass is 19.1. The average molecular weight is 292 g/mol. The summed E-state index contributed by atoms with van der Waals surface area (Å²) >= 11 is 0. The van der Waals surface area contributed by atoms with Gasteiger partial charge in [0.15, 0.2) is 0 Å². The van der Waals surface area contributed by atoms with Gasteiger partial charge in [-0.05, 0) is 58.6 Å². The zero-order valence-corrected chi connectivity index (χ0v) is 14.0. The maximum Gasteiger partial charge on any atom is 0.129 e. The van der Waals surface area contributed by atoms with E-state index in [1.807, 2.05) is 6.07 Å². The molecule has 1 N–H and O–H groups in total. The van der Waals surface area contributed by atoms with E-state index >= 15 is 0 Å². The third kappa shape index (κ3) is 3.97. The Bertz CT molecular complexity index is 479. The van der Waals surface area contributed by atoms with Crippen molar-refractivity contribution in [3.8, 4) is 0 Å². The van der Waals surface area contributed by atoms with Gasteiger partial charge in [-0.2, -0.15) is 0 Å². The number of hydrogen-bond donors (Lipinski definition) is 1. The molecule has 1 fully saturated rings. The van der Waals surface area contributed by atoms with Gasteiger partial charge in [0.05, 0.1) is 0 Å². The maximum absolute atomic E-state index is 14.3. The molecule has 1 saturated heterocycles. The summed E-state index contributed by atoms with van der Waals surface area (Å²) in [6.45, 7) is 12.5. The third-order valence-electron chi connectivity index (χ3n) is 4.57. The molecule has 0 amide bonds. The molecule has 118 valence electrons. The Hall–Kier alpha value is -1.09. The van der Waals surface area contributed by atoms with Crippen molar-refractivity contribution in [1.29, 1.82) is 0 Å². The number of halogens is 1. The van der Waals surface area contributed by atoms with Crippen LogP contribution in [-0.2, 0) is 6.54 Å². The Morgan fingerprint density at radius 1 is 1.29 bits per heavy atom. The number of nitrogens with one attached hydrogen (secondary N) is 1. The van der Waals surface area contributed by atoms with Gasteiger partial charge >= 0.3 is 0 Å². The van der Waals surface area contributed by atoms with Gasteiger partial charge in [-0.25, -0.2) is 4.39 Å². The van der Waals surface area contributed by atoms with Crippen molar-refractivity contribution in [3.63, 3.8) is 0 Å². The summed E-state index contributed by atoms with van der Waals surface area (Å²) in [7, 11) is 0. The number of benzene rings is 1. The molecule has 0 aliphatic carbocycles. The van der Waals surface area contributed by atoms with Crippen LogP contribution in [0.15, 0.2) is 18.2 Å². The van der Waals surface area contributed by atoms with E-state index < -0.39 is 0 Å². The van der Waals surface area contributed by atoms with Crippen LogP contribution in [0, 0.1) is 11.7 Å². The average Bonchev–Trinajstić information content (AvgIpc) is 2.39. The summed E-state index contributed by atoms with van der Waals surface area (Å²) in [5, 5.41) is 3.42. The highest BCUT2D eigenvalue weighted by molar-refractivity contribution is 5.55. The van der Waals surface area contributed by atoms with E-state index in [9.17, 15) is 4.39 Å². The molecule has 1 aliphatic heterocycles. The monoisotopic (exact) mass is 292 g/mol. The second-order valence-corrected chi connectivity index (χ2v) is 7.39. The molecular formula is C18H29FN2. The van der Waals surface area contributed by atoms with Crippen LogP contribution in [0.4, 0.5) is 10.1 Å². The molecular weight excluding hydrogens is 263 g/mol. The summed E-state index contributed by atoms with van der Waals surface area (Å²) in [4.78, 5) is 2.39. The van der Waals surface area contributed by atoms with Crippen LogP contribution in [0.3, 0.4) is 0 Å². The van der Waals surface area contributed by atoms with E-state index in [0.717, 1.165) is 17.8 Å². The zero-order chi connectivity index (χ0) is 15.6. The fraction of sp³-hybridized carbons (Fsp3) is 0.667. The lowest BCUT2D eigenvalue weighted by molar-refractivity contribution is 0.361. The smallest absolute Gasteiger partial charge is 0.129 e. The highest BCUT2D eigenvalue weighted by Gasteiger charge is 2.27. The first-order valence-corrected chi connectivity index (χ1v) is 8.08. The molecule has 1 aliphatic rings. The SMILES string of the molecule is CC1CCCN(c2cccc(F)c2CNC(C)(C)C)C1C. The standard InChI is InChI=1S/C18H29FN2/c1-13-8-7-11-21(14(13)2)17-10-6-9-16(19)15(17)12-20-18(3,4)5/h6,9-10,13-14,20H,7-8,11-12H2,1-5H3. The fourth-order valence-electron chi connectivity index (χ4n) is 3.02. The van der Waals surface area contributed by atoms with E-state index in [0.29, 0.717) is 18.5 Å². The van der Waals surface area contributed by atoms with Crippen molar-refractivity contribution in [3.05, 3.63) is 29.6 Å². The molecule has 0 radical (unpaired) electrons. The first kappa shape index (κ1) is 16.3. The normalized spacial score (nSPS) is 23.4. The predicted octanol–water partition coefficient (Wildman–Crippen LogP) is 4.34. The lowest BCUT2D eigenvalue weighted by Gasteiger charge is -2.41. The molecule has 0 spiro atoms. The third-order valence-corrected chi connectivity index (χ3v) is 4.57. The van der Waals surface area contributed by atoms with E-state index in [1.54, 1.807) is 6.07 Å². The topological polar surface area (TPSA) is 15.3 Å². The van der Waals surface area contributed by atoms with E-state index in [1.165, 1.54) is 12.8 Å². The number of nitrogens with zero attached hydrogens (tertiary/aromatic N) is 1. The molecule has 3 heteroatoms. The second kappa shape index (κ2) is 6.35. The Morgan fingerprint density at radius 3 is 2.67 bits per heavy atom. The fourth-order valence-corrected chi connectivity index (χ4v) is 3.02. The number of hydrogen-bond acceptors (Lipinski definition) is 2. The molecule has 2 unspecified atom stereocenters. The van der Waals surface area contributed by atoms with E-state index in [-0.39, 0.29) is 11.4 Å². The summed E-state index contributed by atoms with van der Waals surface area (Å²) in [6.07, 6.45) is 2.46. The molecule has 1 aromatic carbocycles.